The molecule has 2 heterocycles. The summed E-state index contributed by atoms with van der Waals surface area (Å²) < 4.78 is 13.0. The Kier molecular flexibility index (Phi) is 4.22. The molecule has 1 fully saturated rings. The molecule has 2 atom stereocenters. The van der Waals surface area contributed by atoms with Gasteiger partial charge in [0.05, 0.1) is 0 Å². The first kappa shape index (κ1) is 15.1. The molecular weight excluding hydrogens is 301 g/mol. The van der Waals surface area contributed by atoms with Gasteiger partial charge in [0.15, 0.2) is 0 Å². The SMILES string of the molecule is CC1CC(CN)CN1C(=O)c1csc(-c2ccc(F)cc2)n1. The molecule has 1 aliphatic heterocycles. The number of halogens is 1. The minimum absolute atomic E-state index is 0.0481. The normalized spacial score (nSPS) is 21.3. The number of carbonyl (C=O) groups excluding carboxylic acids is 1. The van der Waals surface area contributed by atoms with Crippen LogP contribution >= 0.6 is 11.3 Å². The smallest absolute Gasteiger partial charge is 0.273 e. The summed E-state index contributed by atoms with van der Waals surface area (Å²) in [6.07, 6.45) is 0.942. The third-order valence-corrected chi connectivity index (χ3v) is 4.96. The molecule has 22 heavy (non-hydrogen) atoms. The molecule has 1 aliphatic rings. The van der Waals surface area contributed by atoms with Gasteiger partial charge in [-0.05, 0) is 50.1 Å². The first-order valence-electron chi connectivity index (χ1n) is 7.31. The zero-order chi connectivity index (χ0) is 15.7. The Morgan fingerprint density at radius 3 is 2.82 bits per heavy atom. The Balaban J connectivity index is 1.79. The topological polar surface area (TPSA) is 59.2 Å². The van der Waals surface area contributed by atoms with E-state index in [1.54, 1.807) is 17.5 Å². The van der Waals surface area contributed by atoms with E-state index in [1.165, 1.54) is 23.5 Å². The number of benzene rings is 1. The number of hydrogen-bond donors (Lipinski definition) is 1. The van der Waals surface area contributed by atoms with Crippen molar-refractivity contribution in [3.63, 3.8) is 0 Å². The molecule has 2 N–H and O–H groups in total. The summed E-state index contributed by atoms with van der Waals surface area (Å²) >= 11 is 1.40. The molecule has 4 nitrogen and oxygen atoms in total. The van der Waals surface area contributed by atoms with E-state index >= 15 is 0 Å². The average molecular weight is 319 g/mol. The lowest BCUT2D eigenvalue weighted by atomic mass is 10.1. The van der Waals surface area contributed by atoms with Crippen LogP contribution in [0.25, 0.3) is 10.6 Å². The molecule has 2 aromatic rings. The van der Waals surface area contributed by atoms with Crippen molar-refractivity contribution < 1.29 is 9.18 Å². The summed E-state index contributed by atoms with van der Waals surface area (Å²) in [4.78, 5) is 18.8. The van der Waals surface area contributed by atoms with E-state index in [9.17, 15) is 9.18 Å². The lowest BCUT2D eigenvalue weighted by molar-refractivity contribution is 0.0738. The number of rotatable bonds is 3. The second-order valence-electron chi connectivity index (χ2n) is 5.69. The van der Waals surface area contributed by atoms with Gasteiger partial charge in [-0.3, -0.25) is 4.79 Å². The molecule has 1 aromatic heterocycles. The van der Waals surface area contributed by atoms with E-state index in [2.05, 4.69) is 4.98 Å². The monoisotopic (exact) mass is 319 g/mol. The molecule has 0 bridgehead atoms. The number of carbonyl (C=O) groups is 1. The number of thiazole rings is 1. The van der Waals surface area contributed by atoms with Gasteiger partial charge in [-0.25, -0.2) is 9.37 Å². The fourth-order valence-corrected chi connectivity index (χ4v) is 3.64. The van der Waals surface area contributed by atoms with Crippen LogP contribution in [0.15, 0.2) is 29.6 Å². The van der Waals surface area contributed by atoms with Gasteiger partial charge in [0.1, 0.15) is 16.5 Å². The molecular formula is C16H18FN3OS. The number of aromatic nitrogens is 1. The van der Waals surface area contributed by atoms with Gasteiger partial charge in [0, 0.05) is 23.5 Å². The number of nitrogens with zero attached hydrogens (tertiary/aromatic N) is 2. The lowest BCUT2D eigenvalue weighted by Gasteiger charge is -2.20. The highest BCUT2D eigenvalue weighted by Crippen LogP contribution is 2.27. The quantitative estimate of drug-likeness (QED) is 0.946. The van der Waals surface area contributed by atoms with Gasteiger partial charge in [0.25, 0.3) is 5.91 Å². The molecule has 0 saturated carbocycles. The molecule has 0 spiro atoms. The summed E-state index contributed by atoms with van der Waals surface area (Å²) in [5.41, 5.74) is 6.98. The van der Waals surface area contributed by atoms with Crippen LogP contribution in [-0.4, -0.2) is 34.9 Å². The van der Waals surface area contributed by atoms with Crippen molar-refractivity contribution in [2.45, 2.75) is 19.4 Å². The van der Waals surface area contributed by atoms with E-state index in [0.717, 1.165) is 17.0 Å². The predicted molar refractivity (Wildman–Crippen MR) is 85.2 cm³/mol. The highest BCUT2D eigenvalue weighted by Gasteiger charge is 2.33. The first-order valence-corrected chi connectivity index (χ1v) is 8.19. The number of nitrogens with two attached hydrogens (primary N) is 1. The van der Waals surface area contributed by atoms with Crippen LogP contribution in [0.5, 0.6) is 0 Å². The van der Waals surface area contributed by atoms with Crippen molar-refractivity contribution >= 4 is 17.2 Å². The molecule has 1 saturated heterocycles. The highest BCUT2D eigenvalue weighted by atomic mass is 32.1. The summed E-state index contributed by atoms with van der Waals surface area (Å²) in [7, 11) is 0. The Labute approximate surface area is 132 Å². The Hall–Kier alpha value is -1.79. The number of hydrogen-bond acceptors (Lipinski definition) is 4. The number of likely N-dealkylation sites (tertiary alicyclic amines) is 1. The van der Waals surface area contributed by atoms with Crippen molar-refractivity contribution in [3.8, 4) is 10.6 Å². The predicted octanol–water partition coefficient (Wildman–Crippen LogP) is 2.76. The van der Waals surface area contributed by atoms with Gasteiger partial charge in [0.2, 0.25) is 0 Å². The van der Waals surface area contributed by atoms with Gasteiger partial charge in [-0.15, -0.1) is 11.3 Å². The Morgan fingerprint density at radius 2 is 2.18 bits per heavy atom. The maximum atomic E-state index is 13.0. The summed E-state index contributed by atoms with van der Waals surface area (Å²) in [5, 5.41) is 2.49. The van der Waals surface area contributed by atoms with Crippen LogP contribution in [0.1, 0.15) is 23.8 Å². The van der Waals surface area contributed by atoms with Gasteiger partial charge in [-0.1, -0.05) is 0 Å². The Bertz CT molecular complexity index is 670. The van der Waals surface area contributed by atoms with Crippen LogP contribution in [0, 0.1) is 11.7 Å². The van der Waals surface area contributed by atoms with E-state index in [0.29, 0.717) is 24.7 Å². The van der Waals surface area contributed by atoms with Gasteiger partial charge >= 0.3 is 0 Å². The second kappa shape index (κ2) is 6.14. The zero-order valence-corrected chi connectivity index (χ0v) is 13.1. The van der Waals surface area contributed by atoms with Crippen molar-refractivity contribution in [1.82, 2.24) is 9.88 Å². The standard InChI is InChI=1S/C16H18FN3OS/c1-10-6-11(7-18)8-20(10)16(21)14-9-22-15(19-14)12-2-4-13(17)5-3-12/h2-5,9-11H,6-8,18H2,1H3. The summed E-state index contributed by atoms with van der Waals surface area (Å²) in [5.74, 6) is 0.0394. The summed E-state index contributed by atoms with van der Waals surface area (Å²) in [6, 6.07) is 6.33. The molecule has 0 aliphatic carbocycles. The molecule has 6 heteroatoms. The van der Waals surface area contributed by atoms with Crippen molar-refractivity contribution in [2.75, 3.05) is 13.1 Å². The van der Waals surface area contributed by atoms with E-state index in [4.69, 9.17) is 5.73 Å². The maximum absolute atomic E-state index is 13.0. The van der Waals surface area contributed by atoms with Crippen LogP contribution in [0.2, 0.25) is 0 Å². The van der Waals surface area contributed by atoms with Crippen molar-refractivity contribution in [1.29, 1.82) is 0 Å². The third kappa shape index (κ3) is 2.89. The number of amides is 1. The van der Waals surface area contributed by atoms with Gasteiger partial charge < -0.3 is 10.6 Å². The van der Waals surface area contributed by atoms with Crippen LogP contribution in [0.3, 0.4) is 0 Å². The fraction of sp³-hybridized carbons (Fsp3) is 0.375. The van der Waals surface area contributed by atoms with Crippen LogP contribution < -0.4 is 5.73 Å². The van der Waals surface area contributed by atoms with Gasteiger partial charge in [-0.2, -0.15) is 0 Å². The highest BCUT2D eigenvalue weighted by molar-refractivity contribution is 7.13. The van der Waals surface area contributed by atoms with E-state index in [1.807, 2.05) is 11.8 Å². The minimum Gasteiger partial charge on any atom is -0.334 e. The summed E-state index contributed by atoms with van der Waals surface area (Å²) in [6.45, 7) is 3.34. The second-order valence-corrected chi connectivity index (χ2v) is 6.55. The molecule has 3 rings (SSSR count). The van der Waals surface area contributed by atoms with Crippen LogP contribution in [0.4, 0.5) is 4.39 Å². The van der Waals surface area contributed by atoms with Crippen LogP contribution in [-0.2, 0) is 0 Å². The molecule has 1 aromatic carbocycles. The van der Waals surface area contributed by atoms with Crippen molar-refractivity contribution in [3.05, 3.63) is 41.2 Å². The zero-order valence-electron chi connectivity index (χ0n) is 12.3. The molecule has 0 radical (unpaired) electrons. The maximum Gasteiger partial charge on any atom is 0.273 e. The van der Waals surface area contributed by atoms with Crippen molar-refractivity contribution in [2.24, 2.45) is 11.7 Å². The van der Waals surface area contributed by atoms with E-state index in [-0.39, 0.29) is 17.8 Å². The lowest BCUT2D eigenvalue weighted by Crippen LogP contribution is -2.34. The Morgan fingerprint density at radius 1 is 1.45 bits per heavy atom. The minimum atomic E-state index is -0.282. The first-order chi connectivity index (χ1) is 10.6. The average Bonchev–Trinajstić information content (AvgIpc) is 3.14. The molecule has 116 valence electrons. The molecule has 1 amide bonds. The molecule has 2 unspecified atom stereocenters. The fourth-order valence-electron chi connectivity index (χ4n) is 2.84. The third-order valence-electron chi connectivity index (χ3n) is 4.07. The van der Waals surface area contributed by atoms with E-state index < -0.39 is 0 Å². The largest absolute Gasteiger partial charge is 0.334 e.